The summed E-state index contributed by atoms with van der Waals surface area (Å²) in [5.74, 6) is -0.930. The highest BCUT2D eigenvalue weighted by atomic mass is 35.5. The van der Waals surface area contributed by atoms with Gasteiger partial charge in [0.15, 0.2) is 5.69 Å². The van der Waals surface area contributed by atoms with Crippen LogP contribution in [0.3, 0.4) is 0 Å². The molecule has 0 unspecified atom stereocenters. The lowest BCUT2D eigenvalue weighted by Gasteiger charge is -2.07. The van der Waals surface area contributed by atoms with Crippen LogP contribution in [0.2, 0.25) is 5.02 Å². The van der Waals surface area contributed by atoms with Gasteiger partial charge in [-0.2, -0.15) is 0 Å². The zero-order valence-corrected chi connectivity index (χ0v) is 14.1. The number of aromatic amines is 1. The first kappa shape index (κ1) is 16.7. The molecule has 0 atom stereocenters. The second-order valence-electron chi connectivity index (χ2n) is 5.41. The number of nitrogens with one attached hydrogen (secondary N) is 3. The molecule has 0 aliphatic carbocycles. The maximum absolute atomic E-state index is 12.4. The molecule has 126 valence electrons. The molecule has 2 aromatic carbocycles. The Kier molecular flexibility index (Phi) is 4.81. The number of carbonyl (C=O) groups is 2. The van der Waals surface area contributed by atoms with Gasteiger partial charge in [0.2, 0.25) is 0 Å². The lowest BCUT2D eigenvalue weighted by molar-refractivity contribution is 0.0985. The highest BCUT2D eigenvalue weighted by molar-refractivity contribution is 6.30. The van der Waals surface area contributed by atoms with Crippen molar-refractivity contribution >= 4 is 34.8 Å². The molecule has 3 rings (SSSR count). The predicted molar refractivity (Wildman–Crippen MR) is 97.1 cm³/mol. The fourth-order valence-corrected chi connectivity index (χ4v) is 2.32. The minimum absolute atomic E-state index is 0.0135. The second kappa shape index (κ2) is 7.19. The summed E-state index contributed by atoms with van der Waals surface area (Å²) in [6.45, 7) is 1.96. The van der Waals surface area contributed by atoms with Gasteiger partial charge in [-0.15, -0.1) is 0 Å². The number of nitrogens with zero attached hydrogens (tertiary/aromatic N) is 1. The van der Waals surface area contributed by atoms with Gasteiger partial charge in [-0.1, -0.05) is 29.3 Å². The Labute approximate surface area is 149 Å². The first-order valence-electron chi connectivity index (χ1n) is 7.51. The lowest BCUT2D eigenvalue weighted by Crippen LogP contribution is -2.20. The molecular formula is C18H15ClN4O2. The fourth-order valence-electron chi connectivity index (χ4n) is 2.19. The Balaban J connectivity index is 1.74. The number of benzene rings is 2. The van der Waals surface area contributed by atoms with Crippen LogP contribution in [0.25, 0.3) is 0 Å². The minimum atomic E-state index is -0.488. The minimum Gasteiger partial charge on any atom is -0.340 e. The van der Waals surface area contributed by atoms with Crippen LogP contribution in [0.1, 0.15) is 26.5 Å². The van der Waals surface area contributed by atoms with E-state index in [1.54, 1.807) is 36.4 Å². The zero-order chi connectivity index (χ0) is 17.8. The largest absolute Gasteiger partial charge is 0.340 e. The molecule has 7 heteroatoms. The summed E-state index contributed by atoms with van der Waals surface area (Å²) < 4.78 is 0. The van der Waals surface area contributed by atoms with Gasteiger partial charge in [-0.25, -0.2) is 4.98 Å². The van der Waals surface area contributed by atoms with E-state index in [1.165, 1.54) is 6.33 Å². The first-order valence-corrected chi connectivity index (χ1v) is 7.89. The van der Waals surface area contributed by atoms with Gasteiger partial charge in [0, 0.05) is 16.4 Å². The first-order chi connectivity index (χ1) is 12.0. The Hall–Kier alpha value is -3.12. The second-order valence-corrected chi connectivity index (χ2v) is 5.84. The van der Waals surface area contributed by atoms with Crippen LogP contribution in [-0.4, -0.2) is 21.8 Å². The normalized spacial score (nSPS) is 10.3. The average Bonchev–Trinajstić information content (AvgIpc) is 3.09. The summed E-state index contributed by atoms with van der Waals surface area (Å²) in [5.41, 5.74) is 2.38. The summed E-state index contributed by atoms with van der Waals surface area (Å²) in [5, 5.41) is 5.97. The van der Waals surface area contributed by atoms with Gasteiger partial charge < -0.3 is 15.6 Å². The molecule has 3 aromatic rings. The Bertz CT molecular complexity index is 828. The Morgan fingerprint density at radius 3 is 2.12 bits per heavy atom. The predicted octanol–water partition coefficient (Wildman–Crippen LogP) is 3.88. The fraction of sp³-hybridized carbons (Fsp3) is 0.0556. The number of aryl methyl sites for hydroxylation is 1. The van der Waals surface area contributed by atoms with Crippen LogP contribution >= 0.6 is 11.6 Å². The molecule has 0 radical (unpaired) electrons. The molecule has 1 heterocycles. The summed E-state index contributed by atoms with van der Waals surface area (Å²) in [6, 6.07) is 14.0. The molecule has 3 N–H and O–H groups in total. The van der Waals surface area contributed by atoms with E-state index in [2.05, 4.69) is 20.6 Å². The molecule has 2 amide bonds. The van der Waals surface area contributed by atoms with Crippen molar-refractivity contribution < 1.29 is 9.59 Å². The van der Waals surface area contributed by atoms with E-state index in [9.17, 15) is 9.59 Å². The number of rotatable bonds is 4. The molecular weight excluding hydrogens is 340 g/mol. The van der Waals surface area contributed by atoms with Gasteiger partial charge in [0.05, 0.1) is 6.33 Å². The van der Waals surface area contributed by atoms with Crippen LogP contribution in [0.4, 0.5) is 11.4 Å². The van der Waals surface area contributed by atoms with E-state index in [-0.39, 0.29) is 11.4 Å². The summed E-state index contributed by atoms with van der Waals surface area (Å²) in [7, 11) is 0. The Morgan fingerprint density at radius 1 is 0.920 bits per heavy atom. The van der Waals surface area contributed by atoms with Crippen LogP contribution in [0.15, 0.2) is 54.9 Å². The monoisotopic (exact) mass is 354 g/mol. The van der Waals surface area contributed by atoms with Crippen LogP contribution in [0, 0.1) is 6.92 Å². The van der Waals surface area contributed by atoms with Crippen molar-refractivity contribution in [1.82, 2.24) is 9.97 Å². The molecule has 0 bridgehead atoms. The van der Waals surface area contributed by atoms with E-state index in [4.69, 9.17) is 11.6 Å². The summed E-state index contributed by atoms with van der Waals surface area (Å²) >= 11 is 5.82. The van der Waals surface area contributed by atoms with Crippen molar-refractivity contribution in [3.63, 3.8) is 0 Å². The number of imidazole rings is 1. The number of H-pyrrole nitrogens is 1. The highest BCUT2D eigenvalue weighted by Crippen LogP contribution is 2.16. The topological polar surface area (TPSA) is 86.9 Å². The van der Waals surface area contributed by atoms with Crippen molar-refractivity contribution in [3.8, 4) is 0 Å². The molecule has 0 spiro atoms. The third kappa shape index (κ3) is 4.05. The zero-order valence-electron chi connectivity index (χ0n) is 13.3. The standard InChI is InChI=1S/C18H15ClN4O2/c1-11-2-6-13(7-3-11)22-17(24)15-16(21-10-20-15)18(25)23-14-8-4-12(19)5-9-14/h2-10H,1H3,(H,20,21)(H,22,24)(H,23,25). The molecule has 6 nitrogen and oxygen atoms in total. The lowest BCUT2D eigenvalue weighted by atomic mass is 10.2. The van der Waals surface area contributed by atoms with Gasteiger partial charge in [0.25, 0.3) is 11.8 Å². The number of carbonyl (C=O) groups excluding carboxylic acids is 2. The van der Waals surface area contributed by atoms with Crippen molar-refractivity contribution in [2.75, 3.05) is 10.6 Å². The molecule has 0 fully saturated rings. The van der Waals surface area contributed by atoms with Crippen molar-refractivity contribution in [2.45, 2.75) is 6.92 Å². The highest BCUT2D eigenvalue weighted by Gasteiger charge is 2.20. The Morgan fingerprint density at radius 2 is 1.48 bits per heavy atom. The number of hydrogen-bond acceptors (Lipinski definition) is 3. The third-order valence-electron chi connectivity index (χ3n) is 3.49. The van der Waals surface area contributed by atoms with Crippen molar-refractivity contribution in [1.29, 1.82) is 0 Å². The van der Waals surface area contributed by atoms with Gasteiger partial charge in [0.1, 0.15) is 5.69 Å². The molecule has 1 aromatic heterocycles. The SMILES string of the molecule is Cc1ccc(NC(=O)c2[nH]cnc2C(=O)Nc2ccc(Cl)cc2)cc1. The van der Waals surface area contributed by atoms with E-state index in [1.807, 2.05) is 19.1 Å². The number of hydrogen-bond donors (Lipinski definition) is 3. The quantitative estimate of drug-likeness (QED) is 0.664. The van der Waals surface area contributed by atoms with E-state index in [0.29, 0.717) is 16.4 Å². The van der Waals surface area contributed by atoms with Crippen molar-refractivity contribution in [3.05, 3.63) is 76.8 Å². The van der Waals surface area contributed by atoms with E-state index >= 15 is 0 Å². The van der Waals surface area contributed by atoms with Crippen LogP contribution in [0.5, 0.6) is 0 Å². The number of halogens is 1. The third-order valence-corrected chi connectivity index (χ3v) is 3.74. The van der Waals surface area contributed by atoms with Crippen LogP contribution in [-0.2, 0) is 0 Å². The van der Waals surface area contributed by atoms with Gasteiger partial charge in [-0.3, -0.25) is 9.59 Å². The smallest absolute Gasteiger partial charge is 0.276 e. The molecule has 0 saturated carbocycles. The van der Waals surface area contributed by atoms with Crippen LogP contribution < -0.4 is 10.6 Å². The maximum Gasteiger partial charge on any atom is 0.276 e. The molecule has 25 heavy (non-hydrogen) atoms. The van der Waals surface area contributed by atoms with Gasteiger partial charge >= 0.3 is 0 Å². The summed E-state index contributed by atoms with van der Waals surface area (Å²) in [6.07, 6.45) is 1.31. The molecule has 0 saturated heterocycles. The van der Waals surface area contributed by atoms with Crippen molar-refractivity contribution in [2.24, 2.45) is 0 Å². The molecule has 0 aliphatic heterocycles. The average molecular weight is 355 g/mol. The summed E-state index contributed by atoms with van der Waals surface area (Å²) in [4.78, 5) is 31.4. The number of aromatic nitrogens is 2. The number of amides is 2. The van der Waals surface area contributed by atoms with E-state index in [0.717, 1.165) is 5.56 Å². The molecule has 0 aliphatic rings. The van der Waals surface area contributed by atoms with Gasteiger partial charge in [-0.05, 0) is 43.3 Å². The number of anilines is 2. The van der Waals surface area contributed by atoms with E-state index < -0.39 is 11.8 Å². The maximum atomic E-state index is 12.4.